The molecular weight excluding hydrogens is 196 g/mol. The zero-order valence-corrected chi connectivity index (χ0v) is 9.03. The first kappa shape index (κ1) is 11.8. The van der Waals surface area contributed by atoms with Gasteiger partial charge in [0.15, 0.2) is 0 Å². The van der Waals surface area contributed by atoms with Gasteiger partial charge in [0.2, 0.25) is 11.2 Å². The third-order valence-electron chi connectivity index (χ3n) is 1.96. The fourth-order valence-corrected chi connectivity index (χ4v) is 1.03. The molecule has 1 N–H and O–H groups in total. The van der Waals surface area contributed by atoms with Crippen molar-refractivity contribution < 1.29 is 14.3 Å². The molecule has 0 saturated heterocycles. The normalized spacial score (nSPS) is 10.7. The molecule has 0 spiro atoms. The average Bonchev–Trinajstić information content (AvgIpc) is 2.20. The van der Waals surface area contributed by atoms with Gasteiger partial charge in [-0.1, -0.05) is 13.8 Å². The Balaban J connectivity index is 2.58. The molecule has 0 atom stereocenters. The lowest BCUT2D eigenvalue weighted by Crippen LogP contribution is -2.10. The van der Waals surface area contributed by atoms with Crippen molar-refractivity contribution in [3.05, 3.63) is 28.3 Å². The van der Waals surface area contributed by atoms with Crippen LogP contribution in [0.3, 0.4) is 0 Å². The van der Waals surface area contributed by atoms with E-state index in [-0.39, 0.29) is 23.5 Å². The van der Waals surface area contributed by atoms with Crippen molar-refractivity contribution in [3.63, 3.8) is 0 Å². The molecule has 1 aromatic heterocycles. The molecule has 0 unspecified atom stereocenters. The van der Waals surface area contributed by atoms with Gasteiger partial charge in [-0.25, -0.2) is 0 Å². The van der Waals surface area contributed by atoms with Crippen LogP contribution in [0.5, 0.6) is 5.75 Å². The Morgan fingerprint density at radius 1 is 1.53 bits per heavy atom. The van der Waals surface area contributed by atoms with Crippen LogP contribution in [0, 0.1) is 5.92 Å². The van der Waals surface area contributed by atoms with Gasteiger partial charge in [0.1, 0.15) is 18.6 Å². The summed E-state index contributed by atoms with van der Waals surface area (Å²) >= 11 is 0. The highest BCUT2D eigenvalue weighted by Gasteiger charge is 2.04. The van der Waals surface area contributed by atoms with Crippen molar-refractivity contribution in [3.8, 4) is 5.75 Å². The minimum atomic E-state index is -0.276. The predicted molar refractivity (Wildman–Crippen MR) is 55.9 cm³/mol. The molecule has 1 aromatic rings. The van der Waals surface area contributed by atoms with Crippen LogP contribution < -0.4 is 10.2 Å². The summed E-state index contributed by atoms with van der Waals surface area (Å²) in [4.78, 5) is 11.4. The Hall–Kier alpha value is -1.29. The Morgan fingerprint density at radius 3 is 2.80 bits per heavy atom. The minimum absolute atomic E-state index is 0.202. The van der Waals surface area contributed by atoms with Crippen LogP contribution in [0.2, 0.25) is 0 Å². The molecule has 0 fully saturated rings. The van der Waals surface area contributed by atoms with Gasteiger partial charge in [-0.3, -0.25) is 4.79 Å². The molecule has 0 aliphatic rings. The molecule has 0 aliphatic carbocycles. The molecule has 1 heterocycles. The number of aliphatic hydroxyl groups excluding tert-OH is 1. The summed E-state index contributed by atoms with van der Waals surface area (Å²) in [6.45, 7) is 4.39. The monoisotopic (exact) mass is 212 g/mol. The van der Waals surface area contributed by atoms with E-state index in [2.05, 4.69) is 13.8 Å². The summed E-state index contributed by atoms with van der Waals surface area (Å²) in [6.07, 6.45) is 2.13. The van der Waals surface area contributed by atoms with E-state index < -0.39 is 0 Å². The standard InChI is InChI=1S/C11H16O4/c1-8(2)3-4-14-11-7-15-9(6-12)5-10(11)13/h5,7-8,12H,3-4,6H2,1-2H3. The van der Waals surface area contributed by atoms with E-state index >= 15 is 0 Å². The predicted octanol–water partition coefficient (Wildman–Crippen LogP) is 1.56. The van der Waals surface area contributed by atoms with Crippen LogP contribution in [-0.4, -0.2) is 11.7 Å². The van der Waals surface area contributed by atoms with Crippen molar-refractivity contribution in [2.45, 2.75) is 26.9 Å². The van der Waals surface area contributed by atoms with Crippen LogP contribution in [-0.2, 0) is 6.61 Å². The summed E-state index contributed by atoms with van der Waals surface area (Å²) in [6, 6.07) is 1.24. The molecule has 0 radical (unpaired) electrons. The van der Waals surface area contributed by atoms with E-state index in [1.807, 2.05) is 0 Å². The fourth-order valence-electron chi connectivity index (χ4n) is 1.03. The molecular formula is C11H16O4. The Kier molecular flexibility index (Phi) is 4.37. The lowest BCUT2D eigenvalue weighted by molar-refractivity contribution is 0.235. The first-order valence-corrected chi connectivity index (χ1v) is 4.99. The summed E-state index contributed by atoms with van der Waals surface area (Å²) < 4.78 is 10.2. The lowest BCUT2D eigenvalue weighted by Gasteiger charge is -2.06. The SMILES string of the molecule is CC(C)CCOc1coc(CO)cc1=O. The number of hydrogen-bond donors (Lipinski definition) is 1. The van der Waals surface area contributed by atoms with Gasteiger partial charge < -0.3 is 14.3 Å². The zero-order chi connectivity index (χ0) is 11.3. The molecule has 0 bridgehead atoms. The van der Waals surface area contributed by atoms with E-state index in [9.17, 15) is 4.79 Å². The molecule has 4 heteroatoms. The Bertz CT molecular complexity index is 354. The van der Waals surface area contributed by atoms with E-state index in [0.717, 1.165) is 6.42 Å². The highest BCUT2D eigenvalue weighted by atomic mass is 16.5. The van der Waals surface area contributed by atoms with Crippen molar-refractivity contribution in [1.29, 1.82) is 0 Å². The van der Waals surface area contributed by atoms with Crippen molar-refractivity contribution >= 4 is 0 Å². The largest absolute Gasteiger partial charge is 0.487 e. The van der Waals surface area contributed by atoms with E-state index in [1.54, 1.807) is 0 Å². The minimum Gasteiger partial charge on any atom is -0.487 e. The van der Waals surface area contributed by atoms with Gasteiger partial charge >= 0.3 is 0 Å². The molecule has 0 aliphatic heterocycles. The summed E-state index contributed by atoms with van der Waals surface area (Å²) in [7, 11) is 0. The molecule has 15 heavy (non-hydrogen) atoms. The Labute approximate surface area is 88.5 Å². The average molecular weight is 212 g/mol. The van der Waals surface area contributed by atoms with Crippen LogP contribution >= 0.6 is 0 Å². The number of aliphatic hydroxyl groups is 1. The highest BCUT2D eigenvalue weighted by Crippen LogP contribution is 2.07. The summed E-state index contributed by atoms with van der Waals surface area (Å²) in [5.41, 5.74) is -0.256. The van der Waals surface area contributed by atoms with Crippen LogP contribution in [0.4, 0.5) is 0 Å². The quantitative estimate of drug-likeness (QED) is 0.804. The second-order valence-corrected chi connectivity index (χ2v) is 3.76. The second-order valence-electron chi connectivity index (χ2n) is 3.76. The summed E-state index contributed by atoms with van der Waals surface area (Å²) in [5, 5.41) is 8.73. The summed E-state index contributed by atoms with van der Waals surface area (Å²) in [5.74, 6) is 0.984. The molecule has 0 aromatic carbocycles. The topological polar surface area (TPSA) is 59.7 Å². The third-order valence-corrected chi connectivity index (χ3v) is 1.96. The highest BCUT2D eigenvalue weighted by molar-refractivity contribution is 5.17. The van der Waals surface area contributed by atoms with Crippen molar-refractivity contribution in [2.24, 2.45) is 5.92 Å². The van der Waals surface area contributed by atoms with E-state index in [1.165, 1.54) is 12.3 Å². The van der Waals surface area contributed by atoms with Gasteiger partial charge in [0.05, 0.1) is 6.61 Å². The third kappa shape index (κ3) is 3.75. The van der Waals surface area contributed by atoms with Gasteiger partial charge in [0.25, 0.3) is 0 Å². The number of hydrogen-bond acceptors (Lipinski definition) is 4. The van der Waals surface area contributed by atoms with Gasteiger partial charge in [-0.05, 0) is 12.3 Å². The number of ether oxygens (including phenoxy) is 1. The van der Waals surface area contributed by atoms with Crippen molar-refractivity contribution in [1.82, 2.24) is 0 Å². The van der Waals surface area contributed by atoms with E-state index in [0.29, 0.717) is 12.5 Å². The molecule has 0 saturated carbocycles. The van der Waals surface area contributed by atoms with Crippen LogP contribution in [0.25, 0.3) is 0 Å². The first-order chi connectivity index (χ1) is 7.13. The molecule has 4 nitrogen and oxygen atoms in total. The van der Waals surface area contributed by atoms with Crippen LogP contribution in [0.15, 0.2) is 21.5 Å². The van der Waals surface area contributed by atoms with E-state index in [4.69, 9.17) is 14.3 Å². The molecule has 1 rings (SSSR count). The Morgan fingerprint density at radius 2 is 2.27 bits per heavy atom. The molecule has 84 valence electrons. The lowest BCUT2D eigenvalue weighted by atomic mass is 10.1. The zero-order valence-electron chi connectivity index (χ0n) is 9.03. The van der Waals surface area contributed by atoms with Crippen LogP contribution in [0.1, 0.15) is 26.0 Å². The second kappa shape index (κ2) is 5.56. The molecule has 0 amide bonds. The van der Waals surface area contributed by atoms with Gasteiger partial charge in [-0.2, -0.15) is 0 Å². The first-order valence-electron chi connectivity index (χ1n) is 4.99. The van der Waals surface area contributed by atoms with Gasteiger partial charge in [-0.15, -0.1) is 0 Å². The van der Waals surface area contributed by atoms with Crippen molar-refractivity contribution in [2.75, 3.05) is 6.61 Å². The fraction of sp³-hybridized carbons (Fsp3) is 0.545. The maximum atomic E-state index is 11.4. The van der Waals surface area contributed by atoms with Gasteiger partial charge in [0, 0.05) is 6.07 Å². The maximum Gasteiger partial charge on any atom is 0.227 e. The smallest absolute Gasteiger partial charge is 0.227 e. The number of rotatable bonds is 5. The maximum absolute atomic E-state index is 11.4.